The second kappa shape index (κ2) is 7.79. The topological polar surface area (TPSA) is 59.4 Å². The minimum Gasteiger partial charge on any atom is -0.466 e. The number of aliphatic hydroxyl groups is 1. The highest BCUT2D eigenvalue weighted by Gasteiger charge is 2.43. The van der Waals surface area contributed by atoms with E-state index in [1.807, 2.05) is 55.5 Å². The van der Waals surface area contributed by atoms with Crippen LogP contribution in [-0.4, -0.2) is 28.3 Å². The standard InChI is InChI=1S/C21H25NO3/c1-2-25-20(23)18-11-12-21(24,14-17-10-6-7-13-22-17)15-19(18)16-8-4-3-5-9-16/h3-10,13,18-19,24H,2,11-12,14-15H2,1H3/t18-,19+,21+/m1/s1. The highest BCUT2D eigenvalue weighted by atomic mass is 16.5. The van der Waals surface area contributed by atoms with Crippen molar-refractivity contribution in [2.24, 2.45) is 5.92 Å². The van der Waals surface area contributed by atoms with Gasteiger partial charge in [0.05, 0.1) is 18.1 Å². The Hall–Kier alpha value is -2.20. The van der Waals surface area contributed by atoms with Crippen LogP contribution >= 0.6 is 0 Å². The number of hydrogen-bond donors (Lipinski definition) is 1. The predicted molar refractivity (Wildman–Crippen MR) is 96.0 cm³/mol. The summed E-state index contributed by atoms with van der Waals surface area (Å²) in [6, 6.07) is 15.7. The van der Waals surface area contributed by atoms with Gasteiger partial charge in [-0.25, -0.2) is 0 Å². The lowest BCUT2D eigenvalue weighted by molar-refractivity contribution is -0.152. The molecule has 1 N–H and O–H groups in total. The maximum atomic E-state index is 12.4. The number of carbonyl (C=O) groups is 1. The van der Waals surface area contributed by atoms with Crippen LogP contribution in [0, 0.1) is 5.92 Å². The van der Waals surface area contributed by atoms with E-state index in [4.69, 9.17) is 4.74 Å². The molecule has 0 unspecified atom stereocenters. The second-order valence-corrected chi connectivity index (χ2v) is 6.84. The molecule has 3 rings (SSSR count). The summed E-state index contributed by atoms with van der Waals surface area (Å²) in [6.45, 7) is 2.21. The minimum atomic E-state index is -0.849. The smallest absolute Gasteiger partial charge is 0.309 e. The molecule has 1 aliphatic rings. The Morgan fingerprint density at radius 1 is 1.24 bits per heavy atom. The van der Waals surface area contributed by atoms with Gasteiger partial charge in [0.25, 0.3) is 0 Å². The van der Waals surface area contributed by atoms with Crippen molar-refractivity contribution in [3.63, 3.8) is 0 Å². The normalized spacial score (nSPS) is 26.2. The Morgan fingerprint density at radius 3 is 2.68 bits per heavy atom. The molecule has 4 nitrogen and oxygen atoms in total. The largest absolute Gasteiger partial charge is 0.466 e. The molecular weight excluding hydrogens is 314 g/mol. The zero-order valence-electron chi connectivity index (χ0n) is 14.6. The van der Waals surface area contributed by atoms with E-state index < -0.39 is 5.60 Å². The zero-order valence-corrected chi connectivity index (χ0v) is 14.6. The number of esters is 1. The van der Waals surface area contributed by atoms with E-state index in [2.05, 4.69) is 4.98 Å². The highest BCUT2D eigenvalue weighted by Crippen LogP contribution is 2.44. The summed E-state index contributed by atoms with van der Waals surface area (Å²) >= 11 is 0. The number of nitrogens with zero attached hydrogens (tertiary/aromatic N) is 1. The van der Waals surface area contributed by atoms with Crippen molar-refractivity contribution in [3.8, 4) is 0 Å². The van der Waals surface area contributed by atoms with Gasteiger partial charge in [-0.1, -0.05) is 36.4 Å². The van der Waals surface area contributed by atoms with E-state index >= 15 is 0 Å². The van der Waals surface area contributed by atoms with E-state index in [0.29, 0.717) is 32.3 Å². The Bertz CT molecular complexity index is 689. The Morgan fingerprint density at radius 2 is 2.00 bits per heavy atom. The van der Waals surface area contributed by atoms with E-state index in [1.54, 1.807) is 6.20 Å². The first-order chi connectivity index (χ1) is 12.1. The molecule has 1 heterocycles. The summed E-state index contributed by atoms with van der Waals surface area (Å²) in [5.41, 5.74) is 1.11. The van der Waals surface area contributed by atoms with Crippen molar-refractivity contribution >= 4 is 5.97 Å². The number of pyridine rings is 1. The average Bonchev–Trinajstić information content (AvgIpc) is 2.63. The van der Waals surface area contributed by atoms with Gasteiger partial charge in [0, 0.05) is 18.3 Å². The van der Waals surface area contributed by atoms with Crippen LogP contribution in [0.3, 0.4) is 0 Å². The summed E-state index contributed by atoms with van der Waals surface area (Å²) in [5, 5.41) is 11.2. The van der Waals surface area contributed by atoms with Crippen molar-refractivity contribution < 1.29 is 14.6 Å². The monoisotopic (exact) mass is 339 g/mol. The fourth-order valence-electron chi connectivity index (χ4n) is 3.86. The summed E-state index contributed by atoms with van der Waals surface area (Å²) < 4.78 is 5.29. The van der Waals surface area contributed by atoms with Crippen molar-refractivity contribution in [1.29, 1.82) is 0 Å². The Labute approximate surface area is 148 Å². The molecule has 0 amide bonds. The molecule has 1 saturated carbocycles. The maximum absolute atomic E-state index is 12.4. The molecule has 1 aliphatic carbocycles. The van der Waals surface area contributed by atoms with E-state index in [-0.39, 0.29) is 17.8 Å². The third kappa shape index (κ3) is 4.26. The molecule has 3 atom stereocenters. The van der Waals surface area contributed by atoms with Gasteiger partial charge in [-0.3, -0.25) is 9.78 Å². The number of hydrogen-bond acceptors (Lipinski definition) is 4. The SMILES string of the molecule is CCOC(=O)[C@@H]1CC[C@](O)(Cc2ccccn2)C[C@H]1c1ccccc1. The molecule has 1 aromatic carbocycles. The summed E-state index contributed by atoms with van der Waals surface area (Å²) in [5.74, 6) is -0.398. The van der Waals surface area contributed by atoms with Gasteiger partial charge in [-0.05, 0) is 49.8 Å². The van der Waals surface area contributed by atoms with Crippen molar-refractivity contribution in [3.05, 3.63) is 66.0 Å². The lowest BCUT2D eigenvalue weighted by atomic mass is 9.67. The van der Waals surface area contributed by atoms with Gasteiger partial charge in [-0.15, -0.1) is 0 Å². The number of rotatable bonds is 5. The quantitative estimate of drug-likeness (QED) is 0.847. The Balaban J connectivity index is 1.84. The first-order valence-electron chi connectivity index (χ1n) is 8.95. The van der Waals surface area contributed by atoms with Crippen LogP contribution in [0.1, 0.15) is 43.4 Å². The van der Waals surface area contributed by atoms with Crippen LogP contribution in [0.25, 0.3) is 0 Å². The molecule has 0 radical (unpaired) electrons. The van der Waals surface area contributed by atoms with Gasteiger partial charge in [-0.2, -0.15) is 0 Å². The van der Waals surface area contributed by atoms with Crippen LogP contribution < -0.4 is 0 Å². The van der Waals surface area contributed by atoms with Gasteiger partial charge in [0.2, 0.25) is 0 Å². The van der Waals surface area contributed by atoms with Gasteiger partial charge >= 0.3 is 5.97 Å². The van der Waals surface area contributed by atoms with Gasteiger partial charge < -0.3 is 9.84 Å². The van der Waals surface area contributed by atoms with Crippen molar-refractivity contribution in [2.75, 3.05) is 6.61 Å². The number of aromatic nitrogens is 1. The van der Waals surface area contributed by atoms with E-state index in [0.717, 1.165) is 11.3 Å². The zero-order chi connectivity index (χ0) is 17.7. The lowest BCUT2D eigenvalue weighted by Crippen LogP contribution is -2.42. The fraction of sp³-hybridized carbons (Fsp3) is 0.429. The molecule has 1 aromatic heterocycles. The van der Waals surface area contributed by atoms with Gasteiger partial charge in [0.1, 0.15) is 0 Å². The summed E-state index contributed by atoms with van der Waals surface area (Å²) in [4.78, 5) is 16.8. The highest BCUT2D eigenvalue weighted by molar-refractivity contribution is 5.74. The molecule has 0 saturated heterocycles. The van der Waals surface area contributed by atoms with Crippen LogP contribution in [0.4, 0.5) is 0 Å². The minimum absolute atomic E-state index is 0.0392. The third-order valence-corrected chi connectivity index (χ3v) is 5.06. The van der Waals surface area contributed by atoms with Crippen molar-refractivity contribution in [1.82, 2.24) is 4.98 Å². The summed E-state index contributed by atoms with van der Waals surface area (Å²) in [7, 11) is 0. The molecule has 2 aromatic rings. The van der Waals surface area contributed by atoms with Crippen LogP contribution in [0.2, 0.25) is 0 Å². The molecular formula is C21H25NO3. The first kappa shape index (κ1) is 17.6. The Kier molecular flexibility index (Phi) is 5.49. The first-order valence-corrected chi connectivity index (χ1v) is 8.95. The molecule has 132 valence electrons. The molecule has 0 aliphatic heterocycles. The molecule has 0 bridgehead atoms. The number of ether oxygens (including phenoxy) is 1. The second-order valence-electron chi connectivity index (χ2n) is 6.84. The molecule has 4 heteroatoms. The van der Waals surface area contributed by atoms with Gasteiger partial charge in [0.15, 0.2) is 0 Å². The molecule has 25 heavy (non-hydrogen) atoms. The van der Waals surface area contributed by atoms with E-state index in [1.165, 1.54) is 0 Å². The van der Waals surface area contributed by atoms with E-state index in [9.17, 15) is 9.90 Å². The predicted octanol–water partition coefficient (Wildman–Crippen LogP) is 3.50. The van der Waals surface area contributed by atoms with Crippen LogP contribution in [-0.2, 0) is 16.0 Å². The molecule has 0 spiro atoms. The average molecular weight is 339 g/mol. The van der Waals surface area contributed by atoms with Crippen LogP contribution in [0.15, 0.2) is 54.7 Å². The lowest BCUT2D eigenvalue weighted by Gasteiger charge is -2.40. The fourth-order valence-corrected chi connectivity index (χ4v) is 3.86. The maximum Gasteiger partial charge on any atom is 0.309 e. The van der Waals surface area contributed by atoms with Crippen molar-refractivity contribution in [2.45, 2.75) is 44.1 Å². The third-order valence-electron chi connectivity index (χ3n) is 5.06. The number of carbonyl (C=O) groups excluding carboxylic acids is 1. The van der Waals surface area contributed by atoms with Crippen LogP contribution in [0.5, 0.6) is 0 Å². The molecule has 1 fully saturated rings. The summed E-state index contributed by atoms with van der Waals surface area (Å²) in [6.07, 6.45) is 4.00. The number of benzene rings is 1.